The number of hydrogen-bond donors (Lipinski definition) is 2. The van der Waals surface area contributed by atoms with Gasteiger partial charge in [0.2, 0.25) is 0 Å². The van der Waals surface area contributed by atoms with Crippen LogP contribution in [0.5, 0.6) is 0 Å². The molecule has 0 aromatic carbocycles. The molecule has 0 saturated carbocycles. The summed E-state index contributed by atoms with van der Waals surface area (Å²) in [6.45, 7) is 0.0531. The predicted octanol–water partition coefficient (Wildman–Crippen LogP) is -1.01. The van der Waals surface area contributed by atoms with Gasteiger partial charge in [0.25, 0.3) is 0 Å². The van der Waals surface area contributed by atoms with E-state index in [1.165, 1.54) is 6.20 Å². The summed E-state index contributed by atoms with van der Waals surface area (Å²) >= 11 is 0. The SMILES string of the molecule is Nc1nnncc1CCO. The number of nitrogens with zero attached hydrogens (tertiary/aromatic N) is 3. The van der Waals surface area contributed by atoms with Crippen LogP contribution >= 0.6 is 0 Å². The van der Waals surface area contributed by atoms with Gasteiger partial charge < -0.3 is 10.8 Å². The Kier molecular flexibility index (Phi) is 2.11. The second-order valence-electron chi connectivity index (χ2n) is 1.82. The maximum atomic E-state index is 8.51. The average molecular weight is 140 g/mol. The van der Waals surface area contributed by atoms with Crippen molar-refractivity contribution in [1.29, 1.82) is 0 Å². The quantitative estimate of drug-likeness (QED) is 0.549. The number of aliphatic hydroxyl groups is 1. The van der Waals surface area contributed by atoms with E-state index in [2.05, 4.69) is 15.4 Å². The van der Waals surface area contributed by atoms with Gasteiger partial charge in [0.05, 0.1) is 6.20 Å². The fourth-order valence-electron chi connectivity index (χ4n) is 0.613. The Labute approximate surface area is 57.9 Å². The number of rotatable bonds is 2. The molecule has 0 saturated heterocycles. The van der Waals surface area contributed by atoms with Crippen molar-refractivity contribution in [3.8, 4) is 0 Å². The van der Waals surface area contributed by atoms with Crippen LogP contribution in [0.4, 0.5) is 5.82 Å². The van der Waals surface area contributed by atoms with Crippen LogP contribution in [-0.4, -0.2) is 27.1 Å². The molecule has 5 nitrogen and oxygen atoms in total. The van der Waals surface area contributed by atoms with E-state index >= 15 is 0 Å². The summed E-state index contributed by atoms with van der Waals surface area (Å²) in [6.07, 6.45) is 1.98. The highest BCUT2D eigenvalue weighted by Crippen LogP contribution is 2.02. The lowest BCUT2D eigenvalue weighted by Crippen LogP contribution is -2.02. The van der Waals surface area contributed by atoms with Crippen LogP contribution in [0, 0.1) is 0 Å². The first-order valence-corrected chi connectivity index (χ1v) is 2.88. The molecule has 1 heterocycles. The molecule has 0 aliphatic carbocycles. The maximum Gasteiger partial charge on any atom is 0.152 e. The summed E-state index contributed by atoms with van der Waals surface area (Å²) in [7, 11) is 0. The molecule has 0 aliphatic heterocycles. The average Bonchev–Trinajstić information content (AvgIpc) is 1.94. The lowest BCUT2D eigenvalue weighted by atomic mass is 10.2. The number of hydrogen-bond acceptors (Lipinski definition) is 5. The van der Waals surface area contributed by atoms with Gasteiger partial charge >= 0.3 is 0 Å². The first-order valence-electron chi connectivity index (χ1n) is 2.88. The van der Waals surface area contributed by atoms with Crippen molar-refractivity contribution in [3.05, 3.63) is 11.8 Å². The number of aromatic nitrogens is 3. The van der Waals surface area contributed by atoms with Crippen LogP contribution in [0.2, 0.25) is 0 Å². The minimum atomic E-state index is 0.0531. The van der Waals surface area contributed by atoms with Gasteiger partial charge in [-0.15, -0.1) is 10.2 Å². The Bertz CT molecular complexity index is 215. The molecule has 0 radical (unpaired) electrons. The molecule has 0 aliphatic rings. The Balaban J connectivity index is 2.81. The highest BCUT2D eigenvalue weighted by Gasteiger charge is 1.97. The van der Waals surface area contributed by atoms with E-state index in [1.54, 1.807) is 0 Å². The summed E-state index contributed by atoms with van der Waals surface area (Å²) in [4.78, 5) is 0. The van der Waals surface area contributed by atoms with Gasteiger partial charge in [0.15, 0.2) is 5.82 Å². The monoisotopic (exact) mass is 140 g/mol. The second kappa shape index (κ2) is 3.07. The van der Waals surface area contributed by atoms with Crippen molar-refractivity contribution in [2.24, 2.45) is 0 Å². The van der Waals surface area contributed by atoms with E-state index in [0.717, 1.165) is 5.56 Å². The fraction of sp³-hybridized carbons (Fsp3) is 0.400. The number of anilines is 1. The number of nitrogens with two attached hydrogens (primary N) is 1. The summed E-state index contributed by atoms with van der Waals surface area (Å²) in [5.41, 5.74) is 6.12. The van der Waals surface area contributed by atoms with Crippen molar-refractivity contribution >= 4 is 5.82 Å². The molecule has 0 atom stereocenters. The smallest absolute Gasteiger partial charge is 0.152 e. The van der Waals surface area contributed by atoms with E-state index in [1.807, 2.05) is 0 Å². The van der Waals surface area contributed by atoms with Crippen molar-refractivity contribution in [2.75, 3.05) is 12.3 Å². The van der Waals surface area contributed by atoms with Gasteiger partial charge in [-0.2, -0.15) is 0 Å². The summed E-state index contributed by atoms with van der Waals surface area (Å²) < 4.78 is 0. The molecule has 1 aromatic heterocycles. The molecule has 54 valence electrons. The van der Waals surface area contributed by atoms with Crippen molar-refractivity contribution in [1.82, 2.24) is 15.4 Å². The van der Waals surface area contributed by atoms with Crippen LogP contribution in [0.1, 0.15) is 5.56 Å². The van der Waals surface area contributed by atoms with Crippen LogP contribution < -0.4 is 5.73 Å². The topological polar surface area (TPSA) is 84.9 Å². The number of aliphatic hydroxyl groups excluding tert-OH is 1. The van der Waals surface area contributed by atoms with Gasteiger partial charge in [0, 0.05) is 18.6 Å². The number of nitrogen functional groups attached to an aromatic ring is 1. The van der Waals surface area contributed by atoms with E-state index in [9.17, 15) is 0 Å². The fourth-order valence-corrected chi connectivity index (χ4v) is 0.613. The first-order chi connectivity index (χ1) is 4.84. The van der Waals surface area contributed by atoms with Crippen molar-refractivity contribution in [2.45, 2.75) is 6.42 Å². The highest BCUT2D eigenvalue weighted by atomic mass is 16.2. The molecule has 0 spiro atoms. The zero-order valence-electron chi connectivity index (χ0n) is 5.36. The van der Waals surface area contributed by atoms with Crippen molar-refractivity contribution in [3.63, 3.8) is 0 Å². The van der Waals surface area contributed by atoms with Crippen LogP contribution in [0.25, 0.3) is 0 Å². The van der Waals surface area contributed by atoms with E-state index < -0.39 is 0 Å². The lowest BCUT2D eigenvalue weighted by Gasteiger charge is -1.97. The van der Waals surface area contributed by atoms with Gasteiger partial charge in [0.1, 0.15) is 0 Å². The van der Waals surface area contributed by atoms with Crippen LogP contribution in [-0.2, 0) is 6.42 Å². The van der Waals surface area contributed by atoms with Gasteiger partial charge in [-0.3, -0.25) is 0 Å². The maximum absolute atomic E-state index is 8.51. The minimum Gasteiger partial charge on any atom is -0.396 e. The summed E-state index contributed by atoms with van der Waals surface area (Å²) in [6, 6.07) is 0. The molecule has 1 aromatic rings. The van der Waals surface area contributed by atoms with Crippen LogP contribution in [0.15, 0.2) is 6.20 Å². The van der Waals surface area contributed by atoms with E-state index in [4.69, 9.17) is 10.8 Å². The van der Waals surface area contributed by atoms with E-state index in [-0.39, 0.29) is 6.61 Å². The molecule has 0 amide bonds. The third kappa shape index (κ3) is 1.38. The molecule has 0 bridgehead atoms. The molecule has 3 N–H and O–H groups in total. The Morgan fingerprint density at radius 2 is 2.40 bits per heavy atom. The molecule has 5 heteroatoms. The molecule has 0 unspecified atom stereocenters. The van der Waals surface area contributed by atoms with E-state index in [0.29, 0.717) is 12.2 Å². The molecule has 10 heavy (non-hydrogen) atoms. The Morgan fingerprint density at radius 1 is 1.60 bits per heavy atom. The molecule has 1 rings (SSSR count). The van der Waals surface area contributed by atoms with Gasteiger partial charge in [-0.25, -0.2) is 0 Å². The second-order valence-corrected chi connectivity index (χ2v) is 1.82. The third-order valence-electron chi connectivity index (χ3n) is 1.13. The zero-order chi connectivity index (χ0) is 7.40. The molecule has 0 fully saturated rings. The molecular weight excluding hydrogens is 132 g/mol. The Hall–Kier alpha value is -1.23. The first kappa shape index (κ1) is 6.88. The third-order valence-corrected chi connectivity index (χ3v) is 1.13. The lowest BCUT2D eigenvalue weighted by molar-refractivity contribution is 0.299. The van der Waals surface area contributed by atoms with Gasteiger partial charge in [-0.05, 0) is 5.21 Å². The van der Waals surface area contributed by atoms with Gasteiger partial charge in [-0.1, -0.05) is 0 Å². The Morgan fingerprint density at radius 3 is 3.00 bits per heavy atom. The predicted molar refractivity (Wildman–Crippen MR) is 35.0 cm³/mol. The largest absolute Gasteiger partial charge is 0.396 e. The zero-order valence-corrected chi connectivity index (χ0v) is 5.36. The summed E-state index contributed by atoms with van der Waals surface area (Å²) in [5, 5.41) is 18.8. The normalized spacial score (nSPS) is 9.70. The summed E-state index contributed by atoms with van der Waals surface area (Å²) in [5.74, 6) is 0.337. The minimum absolute atomic E-state index is 0.0531. The standard InChI is InChI=1S/C5H8N4O/c6-5-4(1-2-10)3-7-9-8-5/h3,10H,1-2H2,(H2,6,7,8). The molecular formula is C5H8N4O. The van der Waals surface area contributed by atoms with Crippen LogP contribution in [0.3, 0.4) is 0 Å². The van der Waals surface area contributed by atoms with Crippen molar-refractivity contribution < 1.29 is 5.11 Å². The highest BCUT2D eigenvalue weighted by molar-refractivity contribution is 5.35.